The van der Waals surface area contributed by atoms with Gasteiger partial charge in [-0.15, -0.1) is 0 Å². The van der Waals surface area contributed by atoms with Crippen LogP contribution >= 0.6 is 11.6 Å². The molecule has 20 heavy (non-hydrogen) atoms. The minimum absolute atomic E-state index is 0.104. The Kier molecular flexibility index (Phi) is 3.54. The summed E-state index contributed by atoms with van der Waals surface area (Å²) < 4.78 is 5.78. The summed E-state index contributed by atoms with van der Waals surface area (Å²) in [6, 6.07) is 14.9. The third kappa shape index (κ3) is 2.59. The molecule has 3 nitrogen and oxygen atoms in total. The molecule has 3 aromatic rings. The summed E-state index contributed by atoms with van der Waals surface area (Å²) in [6.45, 7) is -0.104. The van der Waals surface area contributed by atoms with Crippen molar-refractivity contribution in [3.05, 3.63) is 65.3 Å². The van der Waals surface area contributed by atoms with Crippen LogP contribution in [0.4, 0.5) is 0 Å². The lowest BCUT2D eigenvalue weighted by Gasteiger charge is -2.10. The van der Waals surface area contributed by atoms with Gasteiger partial charge in [0.1, 0.15) is 11.5 Å². The number of para-hydroxylation sites is 1. The molecule has 0 unspecified atom stereocenters. The summed E-state index contributed by atoms with van der Waals surface area (Å²) in [7, 11) is 0. The van der Waals surface area contributed by atoms with Gasteiger partial charge < -0.3 is 9.84 Å². The summed E-state index contributed by atoms with van der Waals surface area (Å²) in [5.74, 6) is 1.15. The van der Waals surface area contributed by atoms with Crippen molar-refractivity contribution in [2.45, 2.75) is 6.61 Å². The lowest BCUT2D eigenvalue weighted by Crippen LogP contribution is -1.92. The molecular weight excluding hydrogens is 274 g/mol. The zero-order valence-corrected chi connectivity index (χ0v) is 11.3. The number of aliphatic hydroxyl groups excluding tert-OH is 1. The van der Waals surface area contributed by atoms with E-state index in [0.717, 1.165) is 10.9 Å². The van der Waals surface area contributed by atoms with Crippen LogP contribution in [-0.4, -0.2) is 10.1 Å². The maximum atomic E-state index is 9.32. The smallest absolute Gasteiger partial charge is 0.146 e. The fourth-order valence-electron chi connectivity index (χ4n) is 1.99. The van der Waals surface area contributed by atoms with Crippen LogP contribution in [0, 0.1) is 0 Å². The minimum atomic E-state index is -0.104. The van der Waals surface area contributed by atoms with E-state index in [4.69, 9.17) is 16.3 Å². The number of ether oxygens (including phenoxy) is 1. The Morgan fingerprint density at radius 2 is 1.95 bits per heavy atom. The first kappa shape index (κ1) is 12.9. The molecule has 0 radical (unpaired) electrons. The van der Waals surface area contributed by atoms with Crippen molar-refractivity contribution in [2.75, 3.05) is 0 Å². The van der Waals surface area contributed by atoms with E-state index in [2.05, 4.69) is 4.98 Å². The molecule has 2 aromatic carbocycles. The second-order valence-corrected chi connectivity index (χ2v) is 4.81. The average molecular weight is 286 g/mol. The molecule has 1 heterocycles. The van der Waals surface area contributed by atoms with Crippen LogP contribution in [0.25, 0.3) is 10.9 Å². The van der Waals surface area contributed by atoms with Crippen LogP contribution in [0.15, 0.2) is 54.7 Å². The van der Waals surface area contributed by atoms with Gasteiger partial charge in [0.15, 0.2) is 0 Å². The van der Waals surface area contributed by atoms with Crippen LogP contribution in [0.3, 0.4) is 0 Å². The fraction of sp³-hybridized carbons (Fsp3) is 0.0625. The number of nitrogens with zero attached hydrogens (tertiary/aromatic N) is 1. The molecular formula is C16H12ClNO2. The first-order valence-electron chi connectivity index (χ1n) is 6.18. The van der Waals surface area contributed by atoms with E-state index in [1.54, 1.807) is 24.4 Å². The molecule has 1 N–H and O–H groups in total. The predicted octanol–water partition coefficient (Wildman–Crippen LogP) is 4.17. The number of aliphatic hydroxyl groups is 1. The fourth-order valence-corrected chi connectivity index (χ4v) is 2.15. The molecule has 4 heteroatoms. The molecule has 1 aromatic heterocycles. The van der Waals surface area contributed by atoms with Crippen molar-refractivity contribution in [3.63, 3.8) is 0 Å². The molecule has 100 valence electrons. The first-order valence-corrected chi connectivity index (χ1v) is 6.56. The Morgan fingerprint density at radius 1 is 1.10 bits per heavy atom. The number of hydrogen-bond acceptors (Lipinski definition) is 3. The molecule has 0 aliphatic heterocycles. The van der Waals surface area contributed by atoms with Crippen LogP contribution in [0.2, 0.25) is 5.02 Å². The molecule has 3 rings (SSSR count). The van der Waals surface area contributed by atoms with Crippen LogP contribution in [0.5, 0.6) is 11.5 Å². The quantitative estimate of drug-likeness (QED) is 0.785. The molecule has 0 spiro atoms. The van der Waals surface area contributed by atoms with Crippen molar-refractivity contribution >= 4 is 22.5 Å². The Hall–Kier alpha value is -2.10. The Morgan fingerprint density at radius 3 is 2.80 bits per heavy atom. The van der Waals surface area contributed by atoms with E-state index in [0.29, 0.717) is 22.1 Å². The van der Waals surface area contributed by atoms with Gasteiger partial charge in [0, 0.05) is 16.0 Å². The number of rotatable bonds is 3. The van der Waals surface area contributed by atoms with Gasteiger partial charge in [-0.2, -0.15) is 0 Å². The Bertz CT molecular complexity index is 758. The third-order valence-electron chi connectivity index (χ3n) is 2.99. The second kappa shape index (κ2) is 5.49. The Balaban J connectivity index is 1.98. The van der Waals surface area contributed by atoms with Gasteiger partial charge in [0.25, 0.3) is 0 Å². The second-order valence-electron chi connectivity index (χ2n) is 4.38. The normalized spacial score (nSPS) is 10.7. The highest BCUT2D eigenvalue weighted by atomic mass is 35.5. The van der Waals surface area contributed by atoms with Crippen LogP contribution in [-0.2, 0) is 6.61 Å². The number of benzene rings is 2. The highest BCUT2D eigenvalue weighted by Gasteiger charge is 2.06. The van der Waals surface area contributed by atoms with Crippen LogP contribution in [0.1, 0.15) is 5.56 Å². The molecule has 0 saturated heterocycles. The summed E-state index contributed by atoms with van der Waals surface area (Å²) in [6.07, 6.45) is 1.66. The van der Waals surface area contributed by atoms with Crippen LogP contribution < -0.4 is 4.74 Å². The van der Waals surface area contributed by atoms with Crippen molar-refractivity contribution in [1.82, 2.24) is 4.98 Å². The van der Waals surface area contributed by atoms with Gasteiger partial charge in [0.2, 0.25) is 0 Å². The summed E-state index contributed by atoms with van der Waals surface area (Å²) >= 11 is 5.96. The van der Waals surface area contributed by atoms with Gasteiger partial charge in [-0.05, 0) is 24.3 Å². The Labute approximate surface area is 121 Å². The van der Waals surface area contributed by atoms with E-state index in [-0.39, 0.29) is 6.61 Å². The van der Waals surface area contributed by atoms with Crippen molar-refractivity contribution in [3.8, 4) is 11.5 Å². The average Bonchev–Trinajstić information content (AvgIpc) is 2.47. The van der Waals surface area contributed by atoms with Gasteiger partial charge in [0.05, 0.1) is 18.3 Å². The highest BCUT2D eigenvalue weighted by Crippen LogP contribution is 2.29. The lowest BCUT2D eigenvalue weighted by atomic mass is 10.2. The third-order valence-corrected chi connectivity index (χ3v) is 3.23. The van der Waals surface area contributed by atoms with Crippen molar-refractivity contribution < 1.29 is 9.84 Å². The zero-order chi connectivity index (χ0) is 13.9. The molecule has 0 atom stereocenters. The lowest BCUT2D eigenvalue weighted by molar-refractivity contribution is 0.276. The van der Waals surface area contributed by atoms with Gasteiger partial charge in [-0.1, -0.05) is 35.9 Å². The maximum Gasteiger partial charge on any atom is 0.146 e. The molecule has 0 bridgehead atoms. The van der Waals surface area contributed by atoms with Crippen molar-refractivity contribution in [2.24, 2.45) is 0 Å². The maximum absolute atomic E-state index is 9.32. The topological polar surface area (TPSA) is 42.4 Å². The van der Waals surface area contributed by atoms with E-state index < -0.39 is 0 Å². The molecule has 0 amide bonds. The number of fused-ring (bicyclic) bond motifs is 1. The van der Waals surface area contributed by atoms with E-state index in [1.807, 2.05) is 30.3 Å². The number of hydrogen-bond donors (Lipinski definition) is 1. The monoisotopic (exact) mass is 285 g/mol. The summed E-state index contributed by atoms with van der Waals surface area (Å²) in [5.41, 5.74) is 1.59. The largest absolute Gasteiger partial charge is 0.455 e. The van der Waals surface area contributed by atoms with Gasteiger partial charge >= 0.3 is 0 Å². The van der Waals surface area contributed by atoms with E-state index in [9.17, 15) is 5.11 Å². The molecule has 0 aliphatic rings. The number of pyridine rings is 1. The number of halogens is 1. The van der Waals surface area contributed by atoms with Gasteiger partial charge in [-0.3, -0.25) is 4.98 Å². The van der Waals surface area contributed by atoms with E-state index >= 15 is 0 Å². The highest BCUT2D eigenvalue weighted by molar-refractivity contribution is 6.30. The summed E-state index contributed by atoms with van der Waals surface area (Å²) in [5, 5.41) is 10.9. The molecule has 0 aliphatic carbocycles. The van der Waals surface area contributed by atoms with Crippen molar-refractivity contribution in [1.29, 1.82) is 0 Å². The SMILES string of the molecule is OCc1ccc(Cl)cc1Oc1cnc2ccccc2c1. The minimum Gasteiger partial charge on any atom is -0.455 e. The standard InChI is InChI=1S/C16H12ClNO2/c17-13-6-5-12(10-19)16(8-13)20-14-7-11-3-1-2-4-15(11)18-9-14/h1-9,19H,10H2. The summed E-state index contributed by atoms with van der Waals surface area (Å²) in [4.78, 5) is 4.33. The predicted molar refractivity (Wildman–Crippen MR) is 79.2 cm³/mol. The zero-order valence-electron chi connectivity index (χ0n) is 10.6. The van der Waals surface area contributed by atoms with Gasteiger partial charge in [-0.25, -0.2) is 0 Å². The molecule has 0 fully saturated rings. The van der Waals surface area contributed by atoms with E-state index in [1.165, 1.54) is 0 Å². The number of aromatic nitrogens is 1. The molecule has 0 saturated carbocycles. The first-order chi connectivity index (χ1) is 9.76.